The van der Waals surface area contributed by atoms with Crippen LogP contribution in [0.15, 0.2) is 77.7 Å². The largest absolute Gasteiger partial charge is 0.487 e. The number of ether oxygens (including phenoxy) is 1. The van der Waals surface area contributed by atoms with Gasteiger partial charge in [0.05, 0.1) is 21.6 Å². The quantitative estimate of drug-likeness (QED) is 0.355. The van der Waals surface area contributed by atoms with Crippen LogP contribution in [0.1, 0.15) is 44.7 Å². The summed E-state index contributed by atoms with van der Waals surface area (Å²) in [6.07, 6.45) is 2.12. The Morgan fingerprint density at radius 1 is 1.03 bits per heavy atom. The van der Waals surface area contributed by atoms with Crippen LogP contribution in [0.5, 0.6) is 5.75 Å². The molecule has 1 aliphatic heterocycles. The van der Waals surface area contributed by atoms with Crippen molar-refractivity contribution in [3.63, 3.8) is 0 Å². The summed E-state index contributed by atoms with van der Waals surface area (Å²) in [5.74, 6) is 0.262. The maximum absolute atomic E-state index is 13.6. The minimum atomic E-state index is -4.12. The highest BCUT2D eigenvalue weighted by atomic mass is 35.5. The topological polar surface area (TPSA) is 75.7 Å². The van der Waals surface area contributed by atoms with Gasteiger partial charge in [0, 0.05) is 17.0 Å². The van der Waals surface area contributed by atoms with Crippen molar-refractivity contribution in [3.05, 3.63) is 88.4 Å². The van der Waals surface area contributed by atoms with Crippen molar-refractivity contribution in [1.82, 2.24) is 5.32 Å². The number of benzene rings is 3. The molecule has 0 saturated carbocycles. The van der Waals surface area contributed by atoms with Crippen molar-refractivity contribution in [3.8, 4) is 5.75 Å². The van der Waals surface area contributed by atoms with Crippen LogP contribution in [0, 0.1) is 0 Å². The van der Waals surface area contributed by atoms with Crippen LogP contribution in [0.2, 0.25) is 10.0 Å². The summed E-state index contributed by atoms with van der Waals surface area (Å²) < 4.78 is 34.6. The molecule has 36 heavy (non-hydrogen) atoms. The number of hydrogen-bond donors (Lipinski definition) is 1. The molecule has 1 atom stereocenters. The first-order valence-electron chi connectivity index (χ1n) is 11.8. The first-order chi connectivity index (χ1) is 17.2. The normalized spacial score (nSPS) is 16.5. The van der Waals surface area contributed by atoms with Crippen molar-refractivity contribution in [1.29, 1.82) is 0 Å². The lowest BCUT2D eigenvalue weighted by Gasteiger charge is -2.41. The SMILES string of the molecule is CCC1(CC)C[C@@H](NC(=O)CN(c2cc(Cl)ccc2Cl)S(=O)(=O)c2ccccc2)c2ccccc2O1. The van der Waals surface area contributed by atoms with Crippen molar-refractivity contribution in [2.45, 2.75) is 49.6 Å². The Bertz CT molecular complexity index is 1340. The molecule has 3 aromatic rings. The Balaban J connectivity index is 1.68. The number of amides is 1. The smallest absolute Gasteiger partial charge is 0.264 e. The molecule has 4 rings (SSSR count). The second kappa shape index (κ2) is 10.7. The van der Waals surface area contributed by atoms with E-state index in [0.717, 1.165) is 28.5 Å². The molecule has 190 valence electrons. The molecule has 0 fully saturated rings. The number of anilines is 1. The van der Waals surface area contributed by atoms with Gasteiger partial charge in [0.2, 0.25) is 5.91 Å². The molecule has 0 unspecified atom stereocenters. The molecule has 0 aliphatic carbocycles. The standard InChI is InChI=1S/C27H28Cl2N2O4S/c1-3-27(4-2)17-23(21-12-8-9-13-25(21)35-27)30-26(32)18-31(24-16-19(28)14-15-22(24)29)36(33,34)20-10-6-5-7-11-20/h5-16,23H,3-4,17-18H2,1-2H3,(H,30,32)/t23-/m1/s1. The Morgan fingerprint density at radius 2 is 1.69 bits per heavy atom. The fourth-order valence-corrected chi connectivity index (χ4v) is 6.39. The second-order valence-corrected chi connectivity index (χ2v) is 11.5. The first kappa shape index (κ1) is 26.3. The monoisotopic (exact) mass is 546 g/mol. The van der Waals surface area contributed by atoms with Crippen LogP contribution in [0.4, 0.5) is 5.69 Å². The number of para-hydroxylation sites is 1. The van der Waals surface area contributed by atoms with Crippen molar-refractivity contribution < 1.29 is 17.9 Å². The third kappa shape index (κ3) is 5.33. The van der Waals surface area contributed by atoms with Gasteiger partial charge in [-0.3, -0.25) is 9.10 Å². The number of hydrogen-bond acceptors (Lipinski definition) is 4. The Hall–Kier alpha value is -2.74. The van der Waals surface area contributed by atoms with Crippen molar-refractivity contribution in [2.75, 3.05) is 10.8 Å². The second-order valence-electron chi connectivity index (χ2n) is 8.77. The van der Waals surface area contributed by atoms with Gasteiger partial charge < -0.3 is 10.1 Å². The van der Waals surface area contributed by atoms with E-state index in [1.54, 1.807) is 24.3 Å². The van der Waals surface area contributed by atoms with E-state index in [0.29, 0.717) is 11.4 Å². The fraction of sp³-hybridized carbons (Fsp3) is 0.296. The summed E-state index contributed by atoms with van der Waals surface area (Å²) in [5.41, 5.74) is 0.576. The Morgan fingerprint density at radius 3 is 2.39 bits per heavy atom. The highest BCUT2D eigenvalue weighted by molar-refractivity contribution is 7.92. The summed E-state index contributed by atoms with van der Waals surface area (Å²) in [5, 5.41) is 3.52. The summed E-state index contributed by atoms with van der Waals surface area (Å²) in [4.78, 5) is 13.5. The number of rotatable bonds is 8. The van der Waals surface area contributed by atoms with E-state index in [1.807, 2.05) is 24.3 Å². The van der Waals surface area contributed by atoms with E-state index in [2.05, 4.69) is 19.2 Å². The van der Waals surface area contributed by atoms with Crippen LogP contribution >= 0.6 is 23.2 Å². The van der Waals surface area contributed by atoms with E-state index in [4.69, 9.17) is 27.9 Å². The zero-order valence-corrected chi connectivity index (χ0v) is 22.4. The van der Waals surface area contributed by atoms with Crippen molar-refractivity contribution in [2.24, 2.45) is 0 Å². The minimum absolute atomic E-state index is 0.0428. The number of sulfonamides is 1. The van der Waals surface area contributed by atoms with E-state index < -0.39 is 28.1 Å². The number of nitrogens with zero attached hydrogens (tertiary/aromatic N) is 1. The predicted molar refractivity (Wildman–Crippen MR) is 143 cm³/mol. The van der Waals surface area contributed by atoms with Gasteiger partial charge in [0.15, 0.2) is 0 Å². The van der Waals surface area contributed by atoms with E-state index >= 15 is 0 Å². The third-order valence-electron chi connectivity index (χ3n) is 6.62. The lowest BCUT2D eigenvalue weighted by molar-refractivity contribution is -0.121. The fourth-order valence-electron chi connectivity index (χ4n) is 4.50. The number of carbonyl (C=O) groups excluding carboxylic acids is 1. The summed E-state index contributed by atoms with van der Waals surface area (Å²) in [7, 11) is -4.12. The number of nitrogens with one attached hydrogen (secondary N) is 1. The highest BCUT2D eigenvalue weighted by Gasteiger charge is 2.39. The van der Waals surface area contributed by atoms with Gasteiger partial charge in [0.25, 0.3) is 10.0 Å². The molecule has 0 radical (unpaired) electrons. The minimum Gasteiger partial charge on any atom is -0.487 e. The molecule has 1 amide bonds. The van der Waals surface area contributed by atoms with Gasteiger partial charge in [-0.1, -0.05) is 73.4 Å². The molecule has 1 heterocycles. The zero-order chi connectivity index (χ0) is 25.9. The molecule has 6 nitrogen and oxygen atoms in total. The van der Waals surface area contributed by atoms with E-state index in [1.165, 1.54) is 24.3 Å². The first-order valence-corrected chi connectivity index (χ1v) is 14.0. The lowest BCUT2D eigenvalue weighted by Crippen LogP contribution is -2.47. The zero-order valence-electron chi connectivity index (χ0n) is 20.1. The van der Waals surface area contributed by atoms with Crippen LogP contribution in [-0.2, 0) is 14.8 Å². The third-order valence-corrected chi connectivity index (χ3v) is 8.94. The average molecular weight is 548 g/mol. The van der Waals surface area contributed by atoms with Crippen LogP contribution in [0.3, 0.4) is 0 Å². The van der Waals surface area contributed by atoms with Gasteiger partial charge in [-0.15, -0.1) is 0 Å². The van der Waals surface area contributed by atoms with Crippen LogP contribution < -0.4 is 14.4 Å². The van der Waals surface area contributed by atoms with E-state index in [9.17, 15) is 13.2 Å². The van der Waals surface area contributed by atoms with Gasteiger partial charge in [0.1, 0.15) is 17.9 Å². The van der Waals surface area contributed by atoms with Crippen molar-refractivity contribution >= 4 is 44.8 Å². The van der Waals surface area contributed by atoms with Crippen LogP contribution in [0.25, 0.3) is 0 Å². The summed E-state index contributed by atoms with van der Waals surface area (Å²) in [6.45, 7) is 3.65. The molecule has 9 heteroatoms. The summed E-state index contributed by atoms with van der Waals surface area (Å²) >= 11 is 12.6. The number of fused-ring (bicyclic) bond motifs is 1. The van der Waals surface area contributed by atoms with Gasteiger partial charge in [-0.25, -0.2) is 8.42 Å². The lowest BCUT2D eigenvalue weighted by atomic mass is 9.83. The van der Waals surface area contributed by atoms with Gasteiger partial charge >= 0.3 is 0 Å². The Kier molecular flexibility index (Phi) is 7.83. The van der Waals surface area contributed by atoms with Gasteiger partial charge in [-0.2, -0.15) is 0 Å². The average Bonchev–Trinajstić information content (AvgIpc) is 2.89. The molecular weight excluding hydrogens is 519 g/mol. The van der Waals surface area contributed by atoms with Crippen LogP contribution in [-0.4, -0.2) is 26.5 Å². The maximum atomic E-state index is 13.6. The highest BCUT2D eigenvalue weighted by Crippen LogP contribution is 2.42. The van der Waals surface area contributed by atoms with Gasteiger partial charge in [-0.05, 0) is 49.2 Å². The number of carbonyl (C=O) groups is 1. The van der Waals surface area contributed by atoms with E-state index in [-0.39, 0.29) is 21.6 Å². The molecule has 1 aliphatic rings. The maximum Gasteiger partial charge on any atom is 0.264 e. The molecule has 3 aromatic carbocycles. The number of halogens is 2. The molecule has 1 N–H and O–H groups in total. The summed E-state index contributed by atoms with van der Waals surface area (Å²) in [6, 6.07) is 19.7. The molecule has 0 saturated heterocycles. The molecule has 0 aromatic heterocycles. The predicted octanol–water partition coefficient (Wildman–Crippen LogP) is 6.39. The molecule has 0 spiro atoms. The Labute approximate surface area is 222 Å². The molecule has 0 bridgehead atoms. The molecular formula is C27H28Cl2N2O4S.